The highest BCUT2D eigenvalue weighted by molar-refractivity contribution is 5.84. The van der Waals surface area contributed by atoms with Gasteiger partial charge in [0.1, 0.15) is 6.61 Å². The van der Waals surface area contributed by atoms with Crippen LogP contribution in [0.2, 0.25) is 0 Å². The number of rotatable bonds is 2. The zero-order chi connectivity index (χ0) is 8.10. The molecule has 1 atom stereocenters. The lowest BCUT2D eigenvalue weighted by atomic mass is 10.1. The predicted octanol–water partition coefficient (Wildman–Crippen LogP) is 1.58. The first kappa shape index (κ1) is 8.53. The molecule has 64 valence electrons. The van der Waals surface area contributed by atoms with Crippen LogP contribution in [0.15, 0.2) is 5.16 Å². The van der Waals surface area contributed by atoms with Gasteiger partial charge >= 0.3 is 0 Å². The second-order valence-corrected chi connectivity index (χ2v) is 2.71. The second-order valence-electron chi connectivity index (χ2n) is 2.71. The Bertz CT molecular complexity index is 145. The van der Waals surface area contributed by atoms with Gasteiger partial charge < -0.3 is 9.57 Å². The van der Waals surface area contributed by atoms with Crippen molar-refractivity contribution in [2.45, 2.75) is 32.8 Å². The molecular weight excluding hydrogens is 142 g/mol. The van der Waals surface area contributed by atoms with Crippen LogP contribution < -0.4 is 0 Å². The maximum atomic E-state index is 5.35. The molecule has 0 aromatic rings. The van der Waals surface area contributed by atoms with E-state index in [1.165, 1.54) is 0 Å². The van der Waals surface area contributed by atoms with E-state index in [0.29, 0.717) is 12.7 Å². The quantitative estimate of drug-likeness (QED) is 0.570. The van der Waals surface area contributed by atoms with Crippen molar-refractivity contribution >= 4 is 5.71 Å². The van der Waals surface area contributed by atoms with Crippen molar-refractivity contribution in [3.05, 3.63) is 0 Å². The molecule has 11 heavy (non-hydrogen) atoms. The van der Waals surface area contributed by atoms with Gasteiger partial charge in [-0.1, -0.05) is 5.16 Å². The lowest BCUT2D eigenvalue weighted by Crippen LogP contribution is -2.23. The van der Waals surface area contributed by atoms with E-state index >= 15 is 0 Å². The highest BCUT2D eigenvalue weighted by Gasteiger charge is 2.14. The zero-order valence-electron chi connectivity index (χ0n) is 7.17. The van der Waals surface area contributed by atoms with E-state index in [1.54, 1.807) is 0 Å². The van der Waals surface area contributed by atoms with Crippen LogP contribution in [0.1, 0.15) is 26.7 Å². The molecule has 1 heterocycles. The van der Waals surface area contributed by atoms with Gasteiger partial charge in [-0.15, -0.1) is 0 Å². The Balaban J connectivity index is 2.32. The normalized spacial score (nSPS) is 28.9. The van der Waals surface area contributed by atoms with Crippen LogP contribution in [0.25, 0.3) is 0 Å². The van der Waals surface area contributed by atoms with Gasteiger partial charge in [-0.2, -0.15) is 0 Å². The molecule has 0 bridgehead atoms. The van der Waals surface area contributed by atoms with Gasteiger partial charge in [-0.05, 0) is 13.8 Å². The molecular formula is C8H15NO2. The Morgan fingerprint density at radius 2 is 2.55 bits per heavy atom. The molecule has 0 aromatic carbocycles. The van der Waals surface area contributed by atoms with Crippen LogP contribution in [-0.4, -0.2) is 25.0 Å². The predicted molar refractivity (Wildman–Crippen MR) is 43.7 cm³/mol. The molecule has 1 aliphatic heterocycles. The maximum absolute atomic E-state index is 5.35. The first-order valence-electron chi connectivity index (χ1n) is 4.12. The third-order valence-electron chi connectivity index (χ3n) is 1.64. The van der Waals surface area contributed by atoms with E-state index in [9.17, 15) is 0 Å². The van der Waals surface area contributed by atoms with Crippen molar-refractivity contribution in [1.29, 1.82) is 0 Å². The number of nitrogens with zero attached hydrogens (tertiary/aromatic N) is 1. The Morgan fingerprint density at radius 3 is 3.18 bits per heavy atom. The number of oxime groups is 1. The Morgan fingerprint density at radius 1 is 1.73 bits per heavy atom. The average molecular weight is 157 g/mol. The third-order valence-corrected chi connectivity index (χ3v) is 1.64. The average Bonchev–Trinajstić information content (AvgIpc) is 2.01. The molecule has 0 N–H and O–H groups in total. The molecule has 0 saturated carbocycles. The summed E-state index contributed by atoms with van der Waals surface area (Å²) in [7, 11) is 0. The zero-order valence-corrected chi connectivity index (χ0v) is 7.17. The van der Waals surface area contributed by atoms with E-state index < -0.39 is 0 Å². The molecule has 1 fully saturated rings. The minimum absolute atomic E-state index is 0.308. The summed E-state index contributed by atoms with van der Waals surface area (Å²) in [6, 6.07) is 0. The second kappa shape index (κ2) is 4.34. The van der Waals surface area contributed by atoms with E-state index in [4.69, 9.17) is 9.57 Å². The molecule has 1 aliphatic rings. The van der Waals surface area contributed by atoms with E-state index in [0.717, 1.165) is 25.2 Å². The van der Waals surface area contributed by atoms with Crippen LogP contribution in [0.3, 0.4) is 0 Å². The summed E-state index contributed by atoms with van der Waals surface area (Å²) in [6.07, 6.45) is 2.15. The first-order valence-corrected chi connectivity index (χ1v) is 4.12. The summed E-state index contributed by atoms with van der Waals surface area (Å²) in [6.45, 7) is 5.43. The van der Waals surface area contributed by atoms with Crippen LogP contribution in [0.4, 0.5) is 0 Å². The molecule has 0 radical (unpaired) electrons. The minimum atomic E-state index is 0.308. The summed E-state index contributed by atoms with van der Waals surface area (Å²) < 4.78 is 5.35. The minimum Gasteiger partial charge on any atom is -0.396 e. The van der Waals surface area contributed by atoms with Gasteiger partial charge in [0.05, 0.1) is 18.4 Å². The van der Waals surface area contributed by atoms with E-state index in [-0.39, 0.29) is 0 Å². The highest BCUT2D eigenvalue weighted by atomic mass is 16.6. The molecule has 1 unspecified atom stereocenters. The van der Waals surface area contributed by atoms with Gasteiger partial charge in [0, 0.05) is 12.8 Å². The topological polar surface area (TPSA) is 30.8 Å². The van der Waals surface area contributed by atoms with E-state index in [1.807, 2.05) is 6.92 Å². The number of hydrogen-bond acceptors (Lipinski definition) is 3. The van der Waals surface area contributed by atoms with Gasteiger partial charge in [0.2, 0.25) is 0 Å². The fourth-order valence-electron chi connectivity index (χ4n) is 1.11. The maximum Gasteiger partial charge on any atom is 0.114 e. The number of ether oxygens (including phenoxy) is 1. The van der Waals surface area contributed by atoms with Gasteiger partial charge in [0.25, 0.3) is 0 Å². The molecule has 0 spiro atoms. The summed E-state index contributed by atoms with van der Waals surface area (Å²) in [5.41, 5.74) is 1.13. The summed E-state index contributed by atoms with van der Waals surface area (Å²) in [4.78, 5) is 4.95. The molecule has 1 rings (SSSR count). The molecule has 3 heteroatoms. The smallest absolute Gasteiger partial charge is 0.114 e. The fourth-order valence-corrected chi connectivity index (χ4v) is 1.11. The van der Waals surface area contributed by atoms with Crippen LogP contribution in [0.5, 0.6) is 0 Å². The summed E-state index contributed by atoms with van der Waals surface area (Å²) in [5.74, 6) is 0. The van der Waals surface area contributed by atoms with Gasteiger partial charge in [0.15, 0.2) is 0 Å². The Hall–Kier alpha value is -0.570. The van der Waals surface area contributed by atoms with Crippen LogP contribution in [0, 0.1) is 0 Å². The third kappa shape index (κ3) is 2.89. The highest BCUT2D eigenvalue weighted by Crippen LogP contribution is 2.10. The van der Waals surface area contributed by atoms with E-state index in [2.05, 4.69) is 12.1 Å². The van der Waals surface area contributed by atoms with Crippen LogP contribution >= 0.6 is 0 Å². The first-order chi connectivity index (χ1) is 5.33. The standard InChI is InChI=1S/C8H15NO2/c1-3-11-9-8-4-5-10-7(2)6-8/h7H,3-6H2,1-2H3/b9-8+. The van der Waals surface area contributed by atoms with Gasteiger partial charge in [-0.25, -0.2) is 0 Å². The molecule has 0 aliphatic carbocycles. The van der Waals surface area contributed by atoms with Crippen molar-refractivity contribution in [3.63, 3.8) is 0 Å². The summed E-state index contributed by atoms with van der Waals surface area (Å²) in [5, 5.41) is 3.99. The van der Waals surface area contributed by atoms with Gasteiger partial charge in [-0.3, -0.25) is 0 Å². The lowest BCUT2D eigenvalue weighted by Gasteiger charge is -2.19. The van der Waals surface area contributed by atoms with Crippen molar-refractivity contribution in [3.8, 4) is 0 Å². The molecule has 0 aromatic heterocycles. The SMILES string of the molecule is CCO/N=C1\CCOC(C)C1. The molecule has 3 nitrogen and oxygen atoms in total. The van der Waals surface area contributed by atoms with Crippen molar-refractivity contribution < 1.29 is 9.57 Å². The molecule has 1 saturated heterocycles. The van der Waals surface area contributed by atoms with Crippen LogP contribution in [-0.2, 0) is 9.57 Å². The molecule has 0 amide bonds. The Kier molecular flexibility index (Phi) is 3.36. The Labute approximate surface area is 67.4 Å². The largest absolute Gasteiger partial charge is 0.396 e. The number of hydrogen-bond donors (Lipinski definition) is 0. The van der Waals surface area contributed by atoms with Crippen molar-refractivity contribution in [1.82, 2.24) is 0 Å². The van der Waals surface area contributed by atoms with Crippen molar-refractivity contribution in [2.24, 2.45) is 5.16 Å². The van der Waals surface area contributed by atoms with Crippen molar-refractivity contribution in [2.75, 3.05) is 13.2 Å². The lowest BCUT2D eigenvalue weighted by molar-refractivity contribution is 0.0595. The fraction of sp³-hybridized carbons (Fsp3) is 0.875. The monoisotopic (exact) mass is 157 g/mol. The summed E-state index contributed by atoms with van der Waals surface area (Å²) >= 11 is 0.